The molecular formula is C46H35NO. The molecule has 2 aliphatic rings. The molecule has 0 saturated heterocycles. The van der Waals surface area contributed by atoms with Gasteiger partial charge in [0, 0.05) is 44.7 Å². The van der Waals surface area contributed by atoms with Crippen LogP contribution in [-0.4, -0.2) is 0 Å². The molecule has 0 spiro atoms. The Morgan fingerprint density at radius 3 is 1.81 bits per heavy atom. The second kappa shape index (κ2) is 9.49. The number of hydrogen-bond donors (Lipinski definition) is 0. The zero-order valence-electron chi connectivity index (χ0n) is 27.6. The molecule has 0 saturated carbocycles. The topological polar surface area (TPSA) is 16.4 Å². The van der Waals surface area contributed by atoms with Crippen molar-refractivity contribution in [3.05, 3.63) is 162 Å². The predicted octanol–water partition coefficient (Wildman–Crippen LogP) is 12.8. The molecule has 0 atom stereocenters. The summed E-state index contributed by atoms with van der Waals surface area (Å²) in [6.45, 7) is 9.43. The van der Waals surface area contributed by atoms with E-state index in [0.29, 0.717) is 0 Å². The van der Waals surface area contributed by atoms with Crippen molar-refractivity contribution >= 4 is 49.8 Å². The van der Waals surface area contributed by atoms with E-state index >= 15 is 0 Å². The van der Waals surface area contributed by atoms with Gasteiger partial charge in [-0.2, -0.15) is 0 Å². The Kier molecular flexibility index (Phi) is 5.44. The quantitative estimate of drug-likeness (QED) is 0.196. The van der Waals surface area contributed by atoms with Crippen molar-refractivity contribution in [3.63, 3.8) is 0 Å². The molecule has 0 fully saturated rings. The molecule has 10 rings (SSSR count). The smallest absolute Gasteiger partial charge is 0.137 e. The maximum absolute atomic E-state index is 6.43. The van der Waals surface area contributed by atoms with Crippen molar-refractivity contribution in [1.29, 1.82) is 0 Å². The van der Waals surface area contributed by atoms with E-state index in [0.717, 1.165) is 39.0 Å². The molecule has 0 bridgehead atoms. The first-order valence-corrected chi connectivity index (χ1v) is 16.9. The second-order valence-corrected chi connectivity index (χ2v) is 14.6. The van der Waals surface area contributed by atoms with Crippen LogP contribution in [0.2, 0.25) is 0 Å². The Morgan fingerprint density at radius 1 is 0.396 bits per heavy atom. The van der Waals surface area contributed by atoms with Crippen LogP contribution in [0.4, 0.5) is 17.1 Å². The lowest BCUT2D eigenvalue weighted by atomic mass is 9.82. The Labute approximate surface area is 280 Å². The van der Waals surface area contributed by atoms with E-state index in [1.54, 1.807) is 0 Å². The van der Waals surface area contributed by atoms with Gasteiger partial charge in [0.2, 0.25) is 0 Å². The molecule has 0 amide bonds. The van der Waals surface area contributed by atoms with Gasteiger partial charge in [-0.1, -0.05) is 107 Å². The van der Waals surface area contributed by atoms with E-state index < -0.39 is 0 Å². The standard InChI is InChI=1S/C46H35NO/c1-45(2)39-15-9-7-13-33(39)34-20-17-31(26-42(34)45)47(32-18-21-36-35-14-8-10-16-43(35)48-44(36)27-32)30-19-22-40-38(25-30)37-23-28-11-5-6-12-29(28)24-41(37)46(40,3)4/h5-27H,1-4H3. The third-order valence-corrected chi connectivity index (χ3v) is 11.2. The van der Waals surface area contributed by atoms with Gasteiger partial charge in [-0.15, -0.1) is 0 Å². The number of fused-ring (bicyclic) bond motifs is 10. The van der Waals surface area contributed by atoms with Crippen LogP contribution in [0.15, 0.2) is 144 Å². The maximum Gasteiger partial charge on any atom is 0.137 e. The first kappa shape index (κ1) is 27.5. The lowest BCUT2D eigenvalue weighted by Crippen LogP contribution is -2.17. The molecule has 0 radical (unpaired) electrons. The van der Waals surface area contributed by atoms with Crippen molar-refractivity contribution in [3.8, 4) is 22.3 Å². The first-order valence-electron chi connectivity index (χ1n) is 16.9. The highest BCUT2D eigenvalue weighted by atomic mass is 16.3. The average molecular weight is 618 g/mol. The van der Waals surface area contributed by atoms with Crippen molar-refractivity contribution in [2.75, 3.05) is 4.90 Å². The molecule has 2 heteroatoms. The maximum atomic E-state index is 6.43. The van der Waals surface area contributed by atoms with Gasteiger partial charge in [0.1, 0.15) is 11.2 Å². The van der Waals surface area contributed by atoms with Gasteiger partial charge in [-0.3, -0.25) is 0 Å². The van der Waals surface area contributed by atoms with Crippen LogP contribution in [0.5, 0.6) is 0 Å². The fourth-order valence-corrected chi connectivity index (χ4v) is 8.70. The Morgan fingerprint density at radius 2 is 0.958 bits per heavy atom. The molecular weight excluding hydrogens is 583 g/mol. The summed E-state index contributed by atoms with van der Waals surface area (Å²) in [4.78, 5) is 2.41. The number of anilines is 3. The summed E-state index contributed by atoms with van der Waals surface area (Å²) in [5, 5.41) is 4.85. The minimum atomic E-state index is -0.0990. The lowest BCUT2D eigenvalue weighted by molar-refractivity contribution is 0.660. The number of benzene rings is 7. The van der Waals surface area contributed by atoms with E-state index in [-0.39, 0.29) is 10.8 Å². The lowest BCUT2D eigenvalue weighted by Gasteiger charge is -2.29. The van der Waals surface area contributed by atoms with Gasteiger partial charge in [0.15, 0.2) is 0 Å². The summed E-state index contributed by atoms with van der Waals surface area (Å²) in [6, 6.07) is 51.5. The minimum absolute atomic E-state index is 0.0887. The highest BCUT2D eigenvalue weighted by molar-refractivity contribution is 6.06. The summed E-state index contributed by atoms with van der Waals surface area (Å²) in [5.74, 6) is 0. The van der Waals surface area contributed by atoms with Crippen molar-refractivity contribution in [1.82, 2.24) is 0 Å². The highest BCUT2D eigenvalue weighted by Gasteiger charge is 2.38. The molecule has 1 heterocycles. The number of hydrogen-bond acceptors (Lipinski definition) is 2. The van der Waals surface area contributed by atoms with E-state index in [1.165, 1.54) is 55.3 Å². The van der Waals surface area contributed by atoms with Crippen LogP contribution < -0.4 is 4.90 Å². The molecule has 230 valence electrons. The molecule has 2 nitrogen and oxygen atoms in total. The molecule has 0 unspecified atom stereocenters. The van der Waals surface area contributed by atoms with E-state index in [2.05, 4.69) is 166 Å². The second-order valence-electron chi connectivity index (χ2n) is 14.6. The molecule has 1 aromatic heterocycles. The van der Waals surface area contributed by atoms with Crippen molar-refractivity contribution in [2.24, 2.45) is 0 Å². The summed E-state index contributed by atoms with van der Waals surface area (Å²) >= 11 is 0. The Bertz CT molecular complexity index is 2630. The first-order chi connectivity index (χ1) is 23.3. The number of rotatable bonds is 3. The van der Waals surface area contributed by atoms with E-state index in [1.807, 2.05) is 6.07 Å². The number of nitrogens with zero attached hydrogens (tertiary/aromatic N) is 1. The third kappa shape index (κ3) is 3.69. The fourth-order valence-electron chi connectivity index (χ4n) is 8.70. The van der Waals surface area contributed by atoms with Gasteiger partial charge in [-0.05, 0) is 110 Å². The van der Waals surface area contributed by atoms with Crippen LogP contribution in [0.3, 0.4) is 0 Å². The van der Waals surface area contributed by atoms with Crippen LogP contribution in [-0.2, 0) is 10.8 Å². The Balaban J connectivity index is 1.20. The van der Waals surface area contributed by atoms with Gasteiger partial charge in [0.25, 0.3) is 0 Å². The number of furan rings is 1. The summed E-state index contributed by atoms with van der Waals surface area (Å²) in [5.41, 5.74) is 15.8. The van der Waals surface area contributed by atoms with Gasteiger partial charge in [0.05, 0.1) is 0 Å². The van der Waals surface area contributed by atoms with Crippen LogP contribution in [0.1, 0.15) is 49.9 Å². The van der Waals surface area contributed by atoms with Crippen molar-refractivity contribution in [2.45, 2.75) is 38.5 Å². The predicted molar refractivity (Wildman–Crippen MR) is 201 cm³/mol. The molecule has 0 aliphatic heterocycles. The molecule has 2 aliphatic carbocycles. The zero-order valence-corrected chi connectivity index (χ0v) is 27.6. The monoisotopic (exact) mass is 617 g/mol. The molecule has 8 aromatic rings. The summed E-state index contributed by atoms with van der Waals surface area (Å²) in [7, 11) is 0. The fraction of sp³-hybridized carbons (Fsp3) is 0.130. The third-order valence-electron chi connectivity index (χ3n) is 11.2. The summed E-state index contributed by atoms with van der Waals surface area (Å²) in [6.07, 6.45) is 0. The zero-order chi connectivity index (χ0) is 32.4. The van der Waals surface area contributed by atoms with E-state index in [9.17, 15) is 0 Å². The van der Waals surface area contributed by atoms with Gasteiger partial charge < -0.3 is 9.32 Å². The van der Waals surface area contributed by atoms with Crippen LogP contribution in [0, 0.1) is 0 Å². The largest absolute Gasteiger partial charge is 0.456 e. The minimum Gasteiger partial charge on any atom is -0.456 e. The molecule has 48 heavy (non-hydrogen) atoms. The summed E-state index contributed by atoms with van der Waals surface area (Å²) < 4.78 is 6.43. The molecule has 7 aromatic carbocycles. The average Bonchev–Trinajstić information content (AvgIpc) is 3.66. The molecule has 0 N–H and O–H groups in total. The van der Waals surface area contributed by atoms with Gasteiger partial charge >= 0.3 is 0 Å². The SMILES string of the molecule is CC1(C)c2ccccc2-c2ccc(N(c3ccc4c(c3)-c3cc5ccccc5cc3C4(C)C)c3ccc4c(c3)oc3ccccc34)cc21. The highest BCUT2D eigenvalue weighted by Crippen LogP contribution is 2.53. The normalized spacial score (nSPS) is 15.0. The van der Waals surface area contributed by atoms with Crippen LogP contribution >= 0.6 is 0 Å². The van der Waals surface area contributed by atoms with Crippen molar-refractivity contribution < 1.29 is 4.42 Å². The van der Waals surface area contributed by atoms with Crippen LogP contribution in [0.25, 0.3) is 55.0 Å². The number of para-hydroxylation sites is 1. The van der Waals surface area contributed by atoms with E-state index in [4.69, 9.17) is 4.42 Å². The van der Waals surface area contributed by atoms with Gasteiger partial charge in [-0.25, -0.2) is 0 Å². The Hall–Kier alpha value is -5.60.